The Kier molecular flexibility index (Phi) is 4.01. The zero-order chi connectivity index (χ0) is 12.3. The summed E-state index contributed by atoms with van der Waals surface area (Å²) >= 11 is 0. The van der Waals surface area contributed by atoms with Crippen LogP contribution in [0.2, 0.25) is 0 Å². The lowest BCUT2D eigenvalue weighted by atomic mass is 9.82. The maximum Gasteiger partial charge on any atom is 0.218 e. The van der Waals surface area contributed by atoms with E-state index in [1.54, 1.807) is 0 Å². The summed E-state index contributed by atoms with van der Waals surface area (Å²) in [6.07, 6.45) is 3.60. The summed E-state index contributed by atoms with van der Waals surface area (Å²) in [5.41, 5.74) is 4.82. The van der Waals surface area contributed by atoms with Crippen molar-refractivity contribution >= 4 is 5.91 Å². The van der Waals surface area contributed by atoms with Crippen molar-refractivity contribution < 1.29 is 14.6 Å². The smallest absolute Gasteiger partial charge is 0.218 e. The van der Waals surface area contributed by atoms with Crippen LogP contribution in [0.5, 0.6) is 0 Å². The Hall–Kier alpha value is -0.650. The molecular weight excluding hydrogens is 220 g/mol. The molecule has 17 heavy (non-hydrogen) atoms. The number of nitrogens with two attached hydrogens (primary N) is 1. The first-order chi connectivity index (χ1) is 8.12. The van der Waals surface area contributed by atoms with Crippen LogP contribution in [-0.2, 0) is 9.53 Å². The number of likely N-dealkylation sites (tertiary alicyclic amines) is 1. The number of nitrogens with zero attached hydrogens (tertiary/aromatic N) is 1. The Morgan fingerprint density at radius 1 is 1.47 bits per heavy atom. The van der Waals surface area contributed by atoms with Crippen LogP contribution >= 0.6 is 0 Å². The predicted octanol–water partition coefficient (Wildman–Crippen LogP) is -0.132. The van der Waals surface area contributed by atoms with Crippen molar-refractivity contribution in [3.8, 4) is 0 Å². The first-order valence-electron chi connectivity index (χ1n) is 6.45. The number of primary amides is 1. The molecule has 0 bridgehead atoms. The van der Waals surface area contributed by atoms with Gasteiger partial charge < -0.3 is 20.5 Å². The fourth-order valence-electron chi connectivity index (χ4n) is 2.81. The Labute approximate surface area is 102 Å². The van der Waals surface area contributed by atoms with E-state index in [9.17, 15) is 9.90 Å². The second-order valence-electron chi connectivity index (χ2n) is 5.13. The van der Waals surface area contributed by atoms with Gasteiger partial charge in [-0.2, -0.15) is 0 Å². The highest BCUT2D eigenvalue weighted by Crippen LogP contribution is 2.35. The van der Waals surface area contributed by atoms with Crippen LogP contribution in [0.4, 0.5) is 0 Å². The summed E-state index contributed by atoms with van der Waals surface area (Å²) < 4.78 is 5.82. The van der Waals surface area contributed by atoms with Crippen LogP contribution in [-0.4, -0.2) is 53.9 Å². The molecule has 2 aliphatic heterocycles. The number of carbonyl (C=O) groups is 1. The molecule has 1 atom stereocenters. The molecule has 1 spiro atoms. The summed E-state index contributed by atoms with van der Waals surface area (Å²) in [5.74, 6) is -0.251. The van der Waals surface area contributed by atoms with E-state index >= 15 is 0 Å². The lowest BCUT2D eigenvalue weighted by Crippen LogP contribution is -2.55. The molecule has 2 heterocycles. The van der Waals surface area contributed by atoms with E-state index in [2.05, 4.69) is 4.90 Å². The number of piperidine rings is 1. The first kappa shape index (κ1) is 12.8. The first-order valence-corrected chi connectivity index (χ1v) is 6.45. The second kappa shape index (κ2) is 5.33. The molecule has 2 aliphatic rings. The highest BCUT2D eigenvalue weighted by atomic mass is 16.5. The van der Waals surface area contributed by atoms with Gasteiger partial charge in [0.1, 0.15) is 0 Å². The Morgan fingerprint density at radius 3 is 2.76 bits per heavy atom. The molecule has 0 unspecified atom stereocenters. The van der Waals surface area contributed by atoms with E-state index in [4.69, 9.17) is 10.5 Å². The van der Waals surface area contributed by atoms with Crippen LogP contribution in [0.15, 0.2) is 0 Å². The Bertz CT molecular complexity index is 275. The van der Waals surface area contributed by atoms with Gasteiger partial charge in [-0.05, 0) is 25.7 Å². The van der Waals surface area contributed by atoms with Gasteiger partial charge in [-0.3, -0.25) is 4.79 Å². The number of amides is 1. The van der Waals surface area contributed by atoms with Crippen LogP contribution in [0.25, 0.3) is 0 Å². The highest BCUT2D eigenvalue weighted by molar-refractivity contribution is 5.73. The van der Waals surface area contributed by atoms with Crippen molar-refractivity contribution in [2.75, 3.05) is 26.2 Å². The number of hydrogen-bond donors (Lipinski definition) is 2. The molecule has 2 fully saturated rings. The zero-order valence-electron chi connectivity index (χ0n) is 10.2. The van der Waals surface area contributed by atoms with Gasteiger partial charge in [0.2, 0.25) is 5.91 Å². The standard InChI is InChI=1S/C12H22N2O3/c13-11(16)3-6-14-7-4-12(5-8-14)10(15)2-1-9-17-12/h10,15H,1-9H2,(H2,13,16)/t10-/m1/s1. The molecule has 5 nitrogen and oxygen atoms in total. The number of rotatable bonds is 3. The van der Waals surface area contributed by atoms with E-state index in [1.807, 2.05) is 0 Å². The molecule has 2 rings (SSSR count). The lowest BCUT2D eigenvalue weighted by molar-refractivity contribution is -0.176. The number of carbonyl (C=O) groups excluding carboxylic acids is 1. The molecule has 98 valence electrons. The van der Waals surface area contributed by atoms with Crippen molar-refractivity contribution in [3.63, 3.8) is 0 Å². The summed E-state index contributed by atoms with van der Waals surface area (Å²) in [6, 6.07) is 0. The fraction of sp³-hybridized carbons (Fsp3) is 0.917. The van der Waals surface area contributed by atoms with E-state index < -0.39 is 0 Å². The third-order valence-corrected chi connectivity index (χ3v) is 4.00. The monoisotopic (exact) mass is 242 g/mol. The fourth-order valence-corrected chi connectivity index (χ4v) is 2.81. The molecule has 2 saturated heterocycles. The van der Waals surface area contributed by atoms with E-state index in [0.717, 1.165) is 51.9 Å². The predicted molar refractivity (Wildman–Crippen MR) is 63.4 cm³/mol. The van der Waals surface area contributed by atoms with E-state index in [1.165, 1.54) is 0 Å². The van der Waals surface area contributed by atoms with Crippen LogP contribution in [0.1, 0.15) is 32.1 Å². The van der Waals surface area contributed by atoms with Crippen molar-refractivity contribution in [1.29, 1.82) is 0 Å². The minimum absolute atomic E-state index is 0.251. The topological polar surface area (TPSA) is 75.8 Å². The van der Waals surface area contributed by atoms with Gasteiger partial charge in [0, 0.05) is 32.7 Å². The number of ether oxygens (including phenoxy) is 1. The molecule has 3 N–H and O–H groups in total. The van der Waals surface area contributed by atoms with E-state index in [-0.39, 0.29) is 17.6 Å². The summed E-state index contributed by atoms with van der Waals surface area (Å²) in [5, 5.41) is 10.1. The summed E-state index contributed by atoms with van der Waals surface area (Å²) in [6.45, 7) is 3.24. The highest BCUT2D eigenvalue weighted by Gasteiger charge is 2.43. The molecule has 0 aromatic carbocycles. The second-order valence-corrected chi connectivity index (χ2v) is 5.13. The minimum atomic E-state index is -0.324. The lowest BCUT2D eigenvalue weighted by Gasteiger charge is -2.46. The van der Waals surface area contributed by atoms with Crippen LogP contribution < -0.4 is 5.73 Å². The van der Waals surface area contributed by atoms with Crippen molar-refractivity contribution in [3.05, 3.63) is 0 Å². The number of aliphatic hydroxyl groups excluding tert-OH is 1. The Morgan fingerprint density at radius 2 is 2.18 bits per heavy atom. The maximum absolute atomic E-state index is 10.7. The molecule has 0 aromatic rings. The molecule has 0 radical (unpaired) electrons. The average Bonchev–Trinajstić information content (AvgIpc) is 2.32. The van der Waals surface area contributed by atoms with Gasteiger partial charge in [0.05, 0.1) is 11.7 Å². The molecule has 0 saturated carbocycles. The van der Waals surface area contributed by atoms with Gasteiger partial charge in [0.15, 0.2) is 0 Å². The quantitative estimate of drug-likeness (QED) is 0.722. The molecule has 5 heteroatoms. The van der Waals surface area contributed by atoms with Gasteiger partial charge in [-0.25, -0.2) is 0 Å². The number of aliphatic hydroxyl groups is 1. The summed E-state index contributed by atoms with van der Waals surface area (Å²) in [4.78, 5) is 12.9. The third kappa shape index (κ3) is 2.97. The molecular formula is C12H22N2O3. The third-order valence-electron chi connectivity index (χ3n) is 4.00. The maximum atomic E-state index is 10.7. The van der Waals surface area contributed by atoms with Crippen molar-refractivity contribution in [1.82, 2.24) is 4.90 Å². The van der Waals surface area contributed by atoms with Gasteiger partial charge >= 0.3 is 0 Å². The van der Waals surface area contributed by atoms with Crippen molar-refractivity contribution in [2.24, 2.45) is 5.73 Å². The average molecular weight is 242 g/mol. The van der Waals surface area contributed by atoms with Crippen molar-refractivity contribution in [2.45, 2.75) is 43.8 Å². The van der Waals surface area contributed by atoms with Gasteiger partial charge in [-0.15, -0.1) is 0 Å². The Balaban J connectivity index is 1.82. The zero-order valence-corrected chi connectivity index (χ0v) is 10.2. The largest absolute Gasteiger partial charge is 0.390 e. The van der Waals surface area contributed by atoms with E-state index in [0.29, 0.717) is 6.42 Å². The van der Waals surface area contributed by atoms with Crippen LogP contribution in [0.3, 0.4) is 0 Å². The van der Waals surface area contributed by atoms with Crippen LogP contribution in [0, 0.1) is 0 Å². The molecule has 0 aromatic heterocycles. The van der Waals surface area contributed by atoms with Gasteiger partial charge in [-0.1, -0.05) is 0 Å². The van der Waals surface area contributed by atoms with Gasteiger partial charge in [0.25, 0.3) is 0 Å². The summed E-state index contributed by atoms with van der Waals surface area (Å²) in [7, 11) is 0. The SMILES string of the molecule is NC(=O)CCN1CCC2(CC1)OCCC[C@H]2O. The number of hydrogen-bond acceptors (Lipinski definition) is 4. The molecule has 0 aliphatic carbocycles. The normalized spacial score (nSPS) is 29.4. The molecule has 1 amide bonds. The minimum Gasteiger partial charge on any atom is -0.390 e.